The Labute approximate surface area is 151 Å². The van der Waals surface area contributed by atoms with Gasteiger partial charge in [0, 0.05) is 23.8 Å². The summed E-state index contributed by atoms with van der Waals surface area (Å²) in [6.07, 6.45) is 4.92. The molecule has 1 aliphatic heterocycles. The predicted octanol–water partition coefficient (Wildman–Crippen LogP) is 1.57. The molecular weight excluding hydrogens is 333 g/mol. The Bertz CT molecular complexity index is 933. The van der Waals surface area contributed by atoms with Gasteiger partial charge in [0.1, 0.15) is 5.82 Å². The van der Waals surface area contributed by atoms with Crippen molar-refractivity contribution < 1.29 is 14.1 Å². The zero-order valence-electron chi connectivity index (χ0n) is 15.4. The van der Waals surface area contributed by atoms with Crippen LogP contribution in [0.4, 0.5) is 5.82 Å². The minimum absolute atomic E-state index is 0.0288. The average Bonchev–Trinajstić information content (AvgIpc) is 3.35. The van der Waals surface area contributed by atoms with Gasteiger partial charge >= 0.3 is 7.12 Å². The highest BCUT2D eigenvalue weighted by Gasteiger charge is 2.52. The Morgan fingerprint density at radius 1 is 1.23 bits per heavy atom. The number of H-pyrrole nitrogens is 1. The quantitative estimate of drug-likeness (QED) is 0.816. The highest BCUT2D eigenvalue weighted by Crippen LogP contribution is 2.37. The van der Waals surface area contributed by atoms with Gasteiger partial charge in [0.15, 0.2) is 0 Å². The highest BCUT2D eigenvalue weighted by atomic mass is 16.7. The topological polar surface area (TPSA) is 93.3 Å². The van der Waals surface area contributed by atoms with Crippen LogP contribution in [0.1, 0.15) is 40.5 Å². The largest absolute Gasteiger partial charge is 0.496 e. The molecule has 2 aliphatic rings. The van der Waals surface area contributed by atoms with Crippen molar-refractivity contribution in [1.82, 2.24) is 9.97 Å². The SMILES string of the molecule is CC1(C)OB(c2c[nH]c(=O)c3cnc(NC(=O)C4CC4)cc23)OC1(C)C. The summed E-state index contributed by atoms with van der Waals surface area (Å²) in [5.74, 6) is 0.478. The molecule has 0 unspecified atom stereocenters. The van der Waals surface area contributed by atoms with Crippen LogP contribution in [0.25, 0.3) is 10.8 Å². The molecule has 0 atom stereocenters. The molecule has 2 fully saturated rings. The second-order valence-corrected chi connectivity index (χ2v) is 8.04. The molecule has 8 heteroatoms. The molecule has 0 bridgehead atoms. The van der Waals surface area contributed by atoms with Gasteiger partial charge in [-0.15, -0.1) is 0 Å². The molecule has 0 spiro atoms. The van der Waals surface area contributed by atoms with Crippen molar-refractivity contribution in [1.29, 1.82) is 0 Å². The standard InChI is InChI=1S/C18H22BN3O4/c1-17(2)18(3,4)26-19(25-17)13-9-21-16(24)12-8-20-14(7-11(12)13)22-15(23)10-5-6-10/h7-10H,5-6H2,1-4H3,(H,21,24)(H,20,22,23). The number of aromatic nitrogens is 2. The Morgan fingerprint density at radius 2 is 1.88 bits per heavy atom. The fourth-order valence-electron chi connectivity index (χ4n) is 2.98. The molecule has 0 radical (unpaired) electrons. The van der Waals surface area contributed by atoms with Crippen molar-refractivity contribution in [2.24, 2.45) is 5.92 Å². The Balaban J connectivity index is 1.76. The van der Waals surface area contributed by atoms with Gasteiger partial charge in [-0.2, -0.15) is 0 Å². The van der Waals surface area contributed by atoms with E-state index in [4.69, 9.17) is 9.31 Å². The number of nitrogens with one attached hydrogen (secondary N) is 2. The fraction of sp³-hybridized carbons (Fsp3) is 0.500. The second-order valence-electron chi connectivity index (χ2n) is 8.04. The molecule has 7 nitrogen and oxygen atoms in total. The molecule has 1 amide bonds. The summed E-state index contributed by atoms with van der Waals surface area (Å²) in [5, 5.41) is 3.91. The van der Waals surface area contributed by atoms with E-state index in [2.05, 4.69) is 15.3 Å². The maximum absolute atomic E-state index is 12.2. The number of nitrogens with zero attached hydrogens (tertiary/aromatic N) is 1. The third-order valence-electron chi connectivity index (χ3n) is 5.52. The van der Waals surface area contributed by atoms with E-state index >= 15 is 0 Å². The van der Waals surface area contributed by atoms with Gasteiger partial charge < -0.3 is 19.6 Å². The lowest BCUT2D eigenvalue weighted by Gasteiger charge is -2.32. The van der Waals surface area contributed by atoms with Crippen molar-refractivity contribution in [3.8, 4) is 0 Å². The van der Waals surface area contributed by atoms with E-state index in [9.17, 15) is 9.59 Å². The summed E-state index contributed by atoms with van der Waals surface area (Å²) < 4.78 is 12.2. The normalized spacial score (nSPS) is 21.2. The van der Waals surface area contributed by atoms with Gasteiger partial charge in [-0.25, -0.2) is 4.98 Å². The third-order valence-corrected chi connectivity index (χ3v) is 5.52. The van der Waals surface area contributed by atoms with Crippen molar-refractivity contribution >= 4 is 35.1 Å². The molecule has 2 aromatic heterocycles. The van der Waals surface area contributed by atoms with Gasteiger partial charge in [0.2, 0.25) is 5.91 Å². The number of aromatic amines is 1. The van der Waals surface area contributed by atoms with E-state index in [1.807, 2.05) is 27.7 Å². The monoisotopic (exact) mass is 355 g/mol. The number of amides is 1. The molecule has 1 aliphatic carbocycles. The van der Waals surface area contributed by atoms with E-state index in [1.54, 1.807) is 12.3 Å². The summed E-state index contributed by atoms with van der Waals surface area (Å²) in [6.45, 7) is 7.90. The molecule has 1 saturated carbocycles. The first-order valence-corrected chi connectivity index (χ1v) is 8.86. The number of carbonyl (C=O) groups excluding carboxylic acids is 1. The van der Waals surface area contributed by atoms with Crippen molar-refractivity contribution in [3.63, 3.8) is 0 Å². The van der Waals surface area contributed by atoms with E-state index in [0.29, 0.717) is 22.1 Å². The number of rotatable bonds is 3. The van der Waals surface area contributed by atoms with Gasteiger partial charge in [0.05, 0.1) is 16.6 Å². The van der Waals surface area contributed by atoms with E-state index in [1.165, 1.54) is 6.20 Å². The number of fused-ring (bicyclic) bond motifs is 1. The third kappa shape index (κ3) is 2.83. The maximum atomic E-state index is 12.2. The Morgan fingerprint density at radius 3 is 2.50 bits per heavy atom. The molecule has 136 valence electrons. The van der Waals surface area contributed by atoms with Crippen LogP contribution in [0.5, 0.6) is 0 Å². The lowest BCUT2D eigenvalue weighted by atomic mass is 9.77. The first-order valence-electron chi connectivity index (χ1n) is 8.86. The molecular formula is C18H22BN3O4. The summed E-state index contributed by atoms with van der Waals surface area (Å²) in [4.78, 5) is 31.1. The minimum atomic E-state index is -0.617. The smallest absolute Gasteiger partial charge is 0.399 e. The number of hydrogen-bond donors (Lipinski definition) is 2. The summed E-state index contributed by atoms with van der Waals surface area (Å²) in [7, 11) is -0.617. The van der Waals surface area contributed by atoms with Crippen LogP contribution in [-0.4, -0.2) is 34.2 Å². The van der Waals surface area contributed by atoms with E-state index in [0.717, 1.165) is 12.8 Å². The van der Waals surface area contributed by atoms with E-state index in [-0.39, 0.29) is 17.4 Å². The van der Waals surface area contributed by atoms with Gasteiger partial charge in [0.25, 0.3) is 5.56 Å². The molecule has 2 aromatic rings. The summed E-state index contributed by atoms with van der Waals surface area (Å²) in [6, 6.07) is 1.71. The molecule has 1 saturated heterocycles. The van der Waals surface area contributed by atoms with Crippen molar-refractivity contribution in [2.75, 3.05) is 5.32 Å². The van der Waals surface area contributed by atoms with Crippen LogP contribution in [0.3, 0.4) is 0 Å². The zero-order chi connectivity index (χ0) is 18.7. The van der Waals surface area contributed by atoms with E-state index < -0.39 is 18.3 Å². The van der Waals surface area contributed by atoms with Crippen molar-refractivity contribution in [2.45, 2.75) is 51.7 Å². The van der Waals surface area contributed by atoms with Crippen LogP contribution in [-0.2, 0) is 14.1 Å². The molecule has 26 heavy (non-hydrogen) atoms. The van der Waals surface area contributed by atoms with Crippen LogP contribution >= 0.6 is 0 Å². The summed E-state index contributed by atoms with van der Waals surface area (Å²) in [5.41, 5.74) is -0.512. The molecule has 4 rings (SSSR count). The average molecular weight is 355 g/mol. The Hall–Kier alpha value is -2.19. The first kappa shape index (κ1) is 17.2. The fourth-order valence-corrected chi connectivity index (χ4v) is 2.98. The van der Waals surface area contributed by atoms with Crippen LogP contribution in [0.2, 0.25) is 0 Å². The molecule has 2 N–H and O–H groups in total. The molecule has 3 heterocycles. The van der Waals surface area contributed by atoms with Gasteiger partial charge in [-0.05, 0) is 52.0 Å². The maximum Gasteiger partial charge on any atom is 0.496 e. The van der Waals surface area contributed by atoms with Gasteiger partial charge in [-0.3, -0.25) is 9.59 Å². The second kappa shape index (κ2) is 5.66. The number of anilines is 1. The zero-order valence-corrected chi connectivity index (χ0v) is 15.4. The summed E-state index contributed by atoms with van der Waals surface area (Å²) >= 11 is 0. The first-order chi connectivity index (χ1) is 12.2. The predicted molar refractivity (Wildman–Crippen MR) is 99.4 cm³/mol. The Kier molecular flexibility index (Phi) is 3.75. The van der Waals surface area contributed by atoms with Crippen LogP contribution in [0.15, 0.2) is 23.3 Å². The van der Waals surface area contributed by atoms with Crippen LogP contribution < -0.4 is 16.3 Å². The molecule has 0 aromatic carbocycles. The number of carbonyl (C=O) groups is 1. The van der Waals surface area contributed by atoms with Crippen molar-refractivity contribution in [3.05, 3.63) is 28.8 Å². The minimum Gasteiger partial charge on any atom is -0.399 e. The highest BCUT2D eigenvalue weighted by molar-refractivity contribution is 6.65. The van der Waals surface area contributed by atoms with Crippen LogP contribution in [0, 0.1) is 5.92 Å². The lowest BCUT2D eigenvalue weighted by Crippen LogP contribution is -2.41. The lowest BCUT2D eigenvalue weighted by molar-refractivity contribution is -0.117. The number of hydrogen-bond acceptors (Lipinski definition) is 5. The van der Waals surface area contributed by atoms with Gasteiger partial charge in [-0.1, -0.05) is 0 Å². The number of pyridine rings is 2.